The van der Waals surface area contributed by atoms with Gasteiger partial charge in [-0.1, -0.05) is 6.92 Å². The molecule has 1 aromatic carbocycles. The topological polar surface area (TPSA) is 61.9 Å². The zero-order valence-electron chi connectivity index (χ0n) is 19.4. The SMILES string of the molecule is CC1CCN(CCCNC(=O)c2ccc(OCC(=O)N3C(C)CCCC3C)cc2)CC1. The van der Waals surface area contributed by atoms with Crippen LogP contribution in [0.3, 0.4) is 0 Å². The number of piperidine rings is 2. The Balaban J connectivity index is 1.37. The highest BCUT2D eigenvalue weighted by Crippen LogP contribution is 2.23. The molecule has 0 radical (unpaired) electrons. The second-order valence-electron chi connectivity index (χ2n) is 9.38. The smallest absolute Gasteiger partial charge is 0.260 e. The molecule has 6 nitrogen and oxygen atoms in total. The molecular weight excluding hydrogens is 390 g/mol. The van der Waals surface area contributed by atoms with Gasteiger partial charge >= 0.3 is 0 Å². The Bertz CT molecular complexity index is 703. The van der Waals surface area contributed by atoms with Gasteiger partial charge in [-0.2, -0.15) is 0 Å². The first kappa shape index (κ1) is 23.6. The number of nitrogens with one attached hydrogen (secondary N) is 1. The van der Waals surface area contributed by atoms with E-state index < -0.39 is 0 Å². The molecule has 2 aliphatic rings. The van der Waals surface area contributed by atoms with E-state index in [1.807, 2.05) is 4.90 Å². The second-order valence-corrected chi connectivity index (χ2v) is 9.38. The molecule has 0 saturated carbocycles. The number of amides is 2. The number of hydrogen-bond donors (Lipinski definition) is 1. The van der Waals surface area contributed by atoms with E-state index >= 15 is 0 Å². The van der Waals surface area contributed by atoms with Crippen molar-refractivity contribution in [1.82, 2.24) is 15.1 Å². The quantitative estimate of drug-likeness (QED) is 0.640. The first-order chi connectivity index (χ1) is 14.9. The van der Waals surface area contributed by atoms with E-state index in [0.29, 0.717) is 17.9 Å². The minimum Gasteiger partial charge on any atom is -0.484 e. The monoisotopic (exact) mass is 429 g/mol. The zero-order valence-corrected chi connectivity index (χ0v) is 19.4. The van der Waals surface area contributed by atoms with Crippen molar-refractivity contribution in [2.45, 2.75) is 71.4 Å². The van der Waals surface area contributed by atoms with Crippen LogP contribution in [0.5, 0.6) is 5.75 Å². The first-order valence-corrected chi connectivity index (χ1v) is 12.0. The van der Waals surface area contributed by atoms with E-state index in [1.54, 1.807) is 24.3 Å². The van der Waals surface area contributed by atoms with Gasteiger partial charge in [0.1, 0.15) is 5.75 Å². The van der Waals surface area contributed by atoms with Crippen LogP contribution < -0.4 is 10.1 Å². The van der Waals surface area contributed by atoms with Gasteiger partial charge in [-0.15, -0.1) is 0 Å². The first-order valence-electron chi connectivity index (χ1n) is 12.0. The van der Waals surface area contributed by atoms with Crippen LogP contribution >= 0.6 is 0 Å². The molecule has 1 N–H and O–H groups in total. The second kappa shape index (κ2) is 11.5. The van der Waals surface area contributed by atoms with Crippen molar-refractivity contribution in [3.05, 3.63) is 29.8 Å². The molecule has 2 fully saturated rings. The molecule has 172 valence electrons. The van der Waals surface area contributed by atoms with Crippen molar-refractivity contribution in [2.75, 3.05) is 32.8 Å². The molecule has 2 unspecified atom stereocenters. The lowest BCUT2D eigenvalue weighted by Crippen LogP contribution is -2.49. The molecule has 0 bridgehead atoms. The third-order valence-electron chi connectivity index (χ3n) is 6.77. The van der Waals surface area contributed by atoms with Crippen LogP contribution in [0.1, 0.15) is 69.7 Å². The summed E-state index contributed by atoms with van der Waals surface area (Å²) in [6, 6.07) is 7.58. The number of benzene rings is 1. The van der Waals surface area contributed by atoms with Gasteiger partial charge in [0, 0.05) is 24.2 Å². The summed E-state index contributed by atoms with van der Waals surface area (Å²) in [5.41, 5.74) is 0.615. The van der Waals surface area contributed by atoms with Crippen LogP contribution in [0.2, 0.25) is 0 Å². The Morgan fingerprint density at radius 3 is 2.29 bits per heavy atom. The summed E-state index contributed by atoms with van der Waals surface area (Å²) < 4.78 is 5.70. The Kier molecular flexibility index (Phi) is 8.76. The lowest BCUT2D eigenvalue weighted by atomic mass is 9.97. The van der Waals surface area contributed by atoms with E-state index in [2.05, 4.69) is 31.0 Å². The van der Waals surface area contributed by atoms with E-state index in [0.717, 1.165) is 31.7 Å². The number of ether oxygens (including phenoxy) is 1. The van der Waals surface area contributed by atoms with Crippen molar-refractivity contribution >= 4 is 11.8 Å². The lowest BCUT2D eigenvalue weighted by molar-refractivity contribution is -0.139. The van der Waals surface area contributed by atoms with E-state index in [9.17, 15) is 9.59 Å². The molecule has 2 aliphatic heterocycles. The molecule has 6 heteroatoms. The third-order valence-corrected chi connectivity index (χ3v) is 6.77. The predicted octanol–water partition coefficient (Wildman–Crippen LogP) is 3.71. The normalized spacial score (nSPS) is 22.9. The summed E-state index contributed by atoms with van der Waals surface area (Å²) >= 11 is 0. The molecule has 1 aromatic rings. The van der Waals surface area contributed by atoms with Gasteiger partial charge in [-0.25, -0.2) is 0 Å². The fourth-order valence-corrected chi connectivity index (χ4v) is 4.73. The molecule has 2 atom stereocenters. The van der Waals surface area contributed by atoms with E-state index in [-0.39, 0.29) is 30.5 Å². The number of nitrogens with zero attached hydrogens (tertiary/aromatic N) is 2. The van der Waals surface area contributed by atoms with Crippen LogP contribution in [-0.4, -0.2) is 66.5 Å². The van der Waals surface area contributed by atoms with Crippen molar-refractivity contribution in [2.24, 2.45) is 5.92 Å². The number of hydrogen-bond acceptors (Lipinski definition) is 4. The lowest BCUT2D eigenvalue weighted by Gasteiger charge is -2.38. The van der Waals surface area contributed by atoms with Gasteiger partial charge in [0.15, 0.2) is 6.61 Å². The van der Waals surface area contributed by atoms with Gasteiger partial charge in [0.25, 0.3) is 11.8 Å². The average molecular weight is 430 g/mol. The van der Waals surface area contributed by atoms with Gasteiger partial charge in [0.05, 0.1) is 0 Å². The number of carbonyl (C=O) groups is 2. The Morgan fingerprint density at radius 2 is 1.65 bits per heavy atom. The van der Waals surface area contributed by atoms with Crippen LogP contribution in [-0.2, 0) is 4.79 Å². The number of likely N-dealkylation sites (tertiary alicyclic amines) is 2. The van der Waals surface area contributed by atoms with E-state index in [1.165, 1.54) is 32.4 Å². The Hall–Kier alpha value is -2.08. The van der Waals surface area contributed by atoms with E-state index in [4.69, 9.17) is 4.74 Å². The van der Waals surface area contributed by atoms with Crippen molar-refractivity contribution in [3.8, 4) is 5.75 Å². The molecule has 0 aromatic heterocycles. The van der Waals surface area contributed by atoms with Gasteiger partial charge in [-0.3, -0.25) is 9.59 Å². The summed E-state index contributed by atoms with van der Waals surface area (Å²) in [4.78, 5) is 29.4. The zero-order chi connectivity index (χ0) is 22.2. The fraction of sp³-hybridized carbons (Fsp3) is 0.680. The summed E-state index contributed by atoms with van der Waals surface area (Å²) in [6.07, 6.45) is 6.81. The predicted molar refractivity (Wildman–Crippen MR) is 123 cm³/mol. The maximum atomic E-state index is 12.6. The van der Waals surface area contributed by atoms with Crippen molar-refractivity contribution in [1.29, 1.82) is 0 Å². The third kappa shape index (κ3) is 6.96. The maximum absolute atomic E-state index is 12.6. The van der Waals surface area contributed by atoms with Gasteiger partial charge < -0.3 is 19.9 Å². The Morgan fingerprint density at radius 1 is 1.00 bits per heavy atom. The van der Waals surface area contributed by atoms with Crippen molar-refractivity contribution in [3.63, 3.8) is 0 Å². The minimum absolute atomic E-state index is 0.0321. The van der Waals surface area contributed by atoms with Gasteiger partial charge in [0.2, 0.25) is 0 Å². The highest BCUT2D eigenvalue weighted by molar-refractivity contribution is 5.94. The van der Waals surface area contributed by atoms with Crippen LogP contribution in [0.4, 0.5) is 0 Å². The standard InChI is InChI=1S/C25H39N3O3/c1-19-12-16-27(17-13-19)15-5-14-26-25(30)22-8-10-23(11-9-22)31-18-24(29)28-20(2)6-4-7-21(28)3/h8-11,19-21H,4-7,12-18H2,1-3H3,(H,26,30). The Labute approximate surface area is 187 Å². The van der Waals surface area contributed by atoms with Crippen LogP contribution in [0.15, 0.2) is 24.3 Å². The fourth-order valence-electron chi connectivity index (χ4n) is 4.73. The molecule has 0 spiro atoms. The van der Waals surface area contributed by atoms with Gasteiger partial charge in [-0.05, 0) is 102 Å². The summed E-state index contributed by atoms with van der Waals surface area (Å²) in [5, 5.41) is 3.00. The summed E-state index contributed by atoms with van der Waals surface area (Å²) in [6.45, 7) is 10.6. The molecule has 2 amide bonds. The molecule has 2 saturated heterocycles. The van der Waals surface area contributed by atoms with Crippen molar-refractivity contribution < 1.29 is 14.3 Å². The highest BCUT2D eigenvalue weighted by atomic mass is 16.5. The largest absolute Gasteiger partial charge is 0.484 e. The van der Waals surface area contributed by atoms with Crippen LogP contribution in [0, 0.1) is 5.92 Å². The maximum Gasteiger partial charge on any atom is 0.260 e. The number of carbonyl (C=O) groups excluding carboxylic acids is 2. The molecular formula is C25H39N3O3. The van der Waals surface area contributed by atoms with Crippen LogP contribution in [0.25, 0.3) is 0 Å². The molecule has 0 aliphatic carbocycles. The number of rotatable bonds is 8. The molecule has 31 heavy (non-hydrogen) atoms. The molecule has 3 rings (SSSR count). The summed E-state index contributed by atoms with van der Waals surface area (Å²) in [5.74, 6) is 1.43. The minimum atomic E-state index is -0.0640. The highest BCUT2D eigenvalue weighted by Gasteiger charge is 2.29. The molecule has 2 heterocycles. The average Bonchev–Trinajstić information content (AvgIpc) is 2.76. The summed E-state index contributed by atoms with van der Waals surface area (Å²) in [7, 11) is 0.